The van der Waals surface area contributed by atoms with Crippen molar-refractivity contribution in [1.82, 2.24) is 5.32 Å². The molecule has 0 fully saturated rings. The van der Waals surface area contributed by atoms with Gasteiger partial charge in [0.2, 0.25) is 0 Å². The molecule has 0 saturated carbocycles. The number of hydrogen-bond donors (Lipinski definition) is 1. The molecule has 0 aromatic heterocycles. The molecular formula is C16H24N2O4. The van der Waals surface area contributed by atoms with Gasteiger partial charge in [0, 0.05) is 18.7 Å². The molecule has 0 radical (unpaired) electrons. The van der Waals surface area contributed by atoms with Crippen LogP contribution in [0.1, 0.15) is 49.4 Å². The van der Waals surface area contributed by atoms with Gasteiger partial charge in [0.05, 0.1) is 10.5 Å². The normalized spacial score (nSPS) is 10.4. The summed E-state index contributed by atoms with van der Waals surface area (Å²) in [5.41, 5.74) is 0.284. The summed E-state index contributed by atoms with van der Waals surface area (Å²) in [6.45, 7) is 4.04. The molecule has 122 valence electrons. The molecule has 6 heteroatoms. The van der Waals surface area contributed by atoms with Crippen LogP contribution in [0.25, 0.3) is 0 Å². The molecular weight excluding hydrogens is 284 g/mol. The molecule has 1 aromatic carbocycles. The minimum absolute atomic E-state index is 0.0405. The molecule has 0 aliphatic carbocycles. The highest BCUT2D eigenvalue weighted by Gasteiger charge is 2.10. The lowest BCUT2D eigenvalue weighted by Gasteiger charge is -2.06. The smallest absolute Gasteiger partial charge is 0.338 e. The van der Waals surface area contributed by atoms with E-state index >= 15 is 0 Å². The topological polar surface area (TPSA) is 81.5 Å². The van der Waals surface area contributed by atoms with Crippen molar-refractivity contribution in [3.05, 3.63) is 39.9 Å². The summed E-state index contributed by atoms with van der Waals surface area (Å²) in [7, 11) is 0. The van der Waals surface area contributed by atoms with Gasteiger partial charge in [-0.3, -0.25) is 10.1 Å². The van der Waals surface area contributed by atoms with E-state index in [-0.39, 0.29) is 5.69 Å². The van der Waals surface area contributed by atoms with Crippen molar-refractivity contribution in [2.24, 2.45) is 0 Å². The van der Waals surface area contributed by atoms with Crippen LogP contribution in [0, 0.1) is 10.1 Å². The molecule has 0 unspecified atom stereocenters. The summed E-state index contributed by atoms with van der Waals surface area (Å²) in [4.78, 5) is 21.7. The molecule has 0 aliphatic heterocycles. The van der Waals surface area contributed by atoms with E-state index in [0.29, 0.717) is 18.7 Å². The molecule has 0 spiro atoms. The predicted octanol–water partition coefficient (Wildman–Crippen LogP) is 3.31. The summed E-state index contributed by atoms with van der Waals surface area (Å²) in [6.07, 6.45) is 6.16. The maximum atomic E-state index is 11.7. The van der Waals surface area contributed by atoms with Crippen molar-refractivity contribution >= 4 is 11.7 Å². The second-order valence-corrected chi connectivity index (χ2v) is 5.10. The van der Waals surface area contributed by atoms with E-state index in [2.05, 4.69) is 12.2 Å². The minimum atomic E-state index is -0.500. The average molecular weight is 308 g/mol. The van der Waals surface area contributed by atoms with E-state index in [4.69, 9.17) is 4.74 Å². The van der Waals surface area contributed by atoms with E-state index in [1.54, 1.807) is 0 Å². The third-order valence-corrected chi connectivity index (χ3v) is 3.28. The zero-order valence-electron chi connectivity index (χ0n) is 13.0. The largest absolute Gasteiger partial charge is 0.461 e. The van der Waals surface area contributed by atoms with Crippen LogP contribution in [0.4, 0.5) is 5.69 Å². The van der Waals surface area contributed by atoms with Crippen molar-refractivity contribution in [2.75, 3.05) is 19.7 Å². The Hall–Kier alpha value is -1.95. The van der Waals surface area contributed by atoms with Gasteiger partial charge in [-0.1, -0.05) is 32.6 Å². The van der Waals surface area contributed by atoms with Crippen molar-refractivity contribution < 1.29 is 14.5 Å². The third kappa shape index (κ3) is 7.17. The highest BCUT2D eigenvalue weighted by Crippen LogP contribution is 2.12. The molecule has 6 nitrogen and oxygen atoms in total. The minimum Gasteiger partial charge on any atom is -0.461 e. The molecule has 0 amide bonds. The van der Waals surface area contributed by atoms with Gasteiger partial charge in [0.1, 0.15) is 6.61 Å². The Balaban J connectivity index is 2.12. The van der Waals surface area contributed by atoms with Crippen LogP contribution in [0.5, 0.6) is 0 Å². The van der Waals surface area contributed by atoms with Crippen LogP contribution in [0.2, 0.25) is 0 Å². The molecule has 0 saturated heterocycles. The first-order valence-electron chi connectivity index (χ1n) is 7.77. The van der Waals surface area contributed by atoms with Gasteiger partial charge in [-0.05, 0) is 25.1 Å². The quantitative estimate of drug-likeness (QED) is 0.293. The first-order chi connectivity index (χ1) is 10.6. The maximum absolute atomic E-state index is 11.7. The molecule has 22 heavy (non-hydrogen) atoms. The Bertz CT molecular complexity index is 460. The van der Waals surface area contributed by atoms with Crippen molar-refractivity contribution in [3.8, 4) is 0 Å². The zero-order valence-corrected chi connectivity index (χ0v) is 13.0. The Morgan fingerprint density at radius 2 is 1.82 bits per heavy atom. The Labute approximate surface area is 131 Å². The van der Waals surface area contributed by atoms with Crippen LogP contribution in [-0.2, 0) is 4.74 Å². The van der Waals surface area contributed by atoms with Crippen molar-refractivity contribution in [3.63, 3.8) is 0 Å². The lowest BCUT2D eigenvalue weighted by molar-refractivity contribution is -0.384. The number of hydrogen-bond acceptors (Lipinski definition) is 5. The van der Waals surface area contributed by atoms with Crippen LogP contribution in [0.3, 0.4) is 0 Å². The van der Waals surface area contributed by atoms with E-state index in [1.165, 1.54) is 49.9 Å². The van der Waals surface area contributed by atoms with Crippen molar-refractivity contribution in [2.45, 2.75) is 39.0 Å². The van der Waals surface area contributed by atoms with E-state index in [9.17, 15) is 14.9 Å². The Morgan fingerprint density at radius 3 is 2.45 bits per heavy atom. The fourth-order valence-electron chi connectivity index (χ4n) is 2.00. The second kappa shape index (κ2) is 10.7. The van der Waals surface area contributed by atoms with Gasteiger partial charge in [-0.15, -0.1) is 0 Å². The van der Waals surface area contributed by atoms with Crippen LogP contribution in [0.15, 0.2) is 24.3 Å². The molecule has 1 N–H and O–H groups in total. The van der Waals surface area contributed by atoms with Crippen LogP contribution >= 0.6 is 0 Å². The number of ether oxygens (including phenoxy) is 1. The number of carbonyl (C=O) groups excluding carboxylic acids is 1. The molecule has 0 heterocycles. The fraction of sp³-hybridized carbons (Fsp3) is 0.562. The standard InChI is InChI=1S/C16H24N2O4/c1-2-3-4-5-6-11-17-12-13-22-16(19)14-7-9-15(10-8-14)18(20)21/h7-10,17H,2-6,11-13H2,1H3. The van der Waals surface area contributed by atoms with Gasteiger partial charge in [-0.25, -0.2) is 4.79 Å². The number of benzene rings is 1. The van der Waals surface area contributed by atoms with E-state index in [1.807, 2.05) is 0 Å². The van der Waals surface area contributed by atoms with Gasteiger partial charge < -0.3 is 10.1 Å². The lowest BCUT2D eigenvalue weighted by Crippen LogP contribution is -2.22. The first-order valence-corrected chi connectivity index (χ1v) is 7.77. The number of esters is 1. The number of nitro benzene ring substituents is 1. The number of unbranched alkanes of at least 4 members (excludes halogenated alkanes) is 4. The van der Waals surface area contributed by atoms with Crippen LogP contribution in [-0.4, -0.2) is 30.6 Å². The van der Waals surface area contributed by atoms with Gasteiger partial charge >= 0.3 is 5.97 Å². The zero-order chi connectivity index (χ0) is 16.2. The Morgan fingerprint density at radius 1 is 1.14 bits per heavy atom. The highest BCUT2D eigenvalue weighted by atomic mass is 16.6. The van der Waals surface area contributed by atoms with Gasteiger partial charge in [0.25, 0.3) is 5.69 Å². The number of carbonyl (C=O) groups is 1. The maximum Gasteiger partial charge on any atom is 0.338 e. The summed E-state index contributed by atoms with van der Waals surface area (Å²) in [5, 5.41) is 13.7. The van der Waals surface area contributed by atoms with Gasteiger partial charge in [0.15, 0.2) is 0 Å². The monoisotopic (exact) mass is 308 g/mol. The average Bonchev–Trinajstić information content (AvgIpc) is 2.53. The fourth-order valence-corrected chi connectivity index (χ4v) is 2.00. The molecule has 1 rings (SSSR count). The Kier molecular flexibility index (Phi) is 8.83. The number of nitrogens with one attached hydrogen (secondary N) is 1. The lowest BCUT2D eigenvalue weighted by atomic mass is 10.1. The third-order valence-electron chi connectivity index (χ3n) is 3.28. The summed E-state index contributed by atoms with van der Waals surface area (Å²) in [6, 6.07) is 5.40. The van der Waals surface area contributed by atoms with E-state index < -0.39 is 10.9 Å². The summed E-state index contributed by atoms with van der Waals surface area (Å²) in [5.74, 6) is -0.459. The summed E-state index contributed by atoms with van der Waals surface area (Å²) < 4.78 is 5.10. The predicted molar refractivity (Wildman–Crippen MR) is 85.0 cm³/mol. The SMILES string of the molecule is CCCCCCCNCCOC(=O)c1ccc([N+](=O)[O-])cc1. The highest BCUT2D eigenvalue weighted by molar-refractivity contribution is 5.89. The number of nitro groups is 1. The molecule has 0 atom stereocenters. The molecule has 0 aliphatic rings. The molecule has 1 aromatic rings. The van der Waals surface area contributed by atoms with E-state index in [0.717, 1.165) is 13.0 Å². The number of rotatable bonds is 11. The number of nitrogens with zero attached hydrogens (tertiary/aromatic N) is 1. The van der Waals surface area contributed by atoms with Crippen molar-refractivity contribution in [1.29, 1.82) is 0 Å². The summed E-state index contributed by atoms with van der Waals surface area (Å²) >= 11 is 0. The van der Waals surface area contributed by atoms with Crippen LogP contribution < -0.4 is 5.32 Å². The molecule has 0 bridgehead atoms. The first kappa shape index (κ1) is 18.1. The number of non-ortho nitro benzene ring substituents is 1. The van der Waals surface area contributed by atoms with Gasteiger partial charge in [-0.2, -0.15) is 0 Å². The second-order valence-electron chi connectivity index (χ2n) is 5.10.